The molecule has 0 spiro atoms. The number of nitrogens with one attached hydrogen (secondary N) is 1. The fraction of sp³-hybridized carbons (Fsp3) is 0.526. The van der Waals surface area contributed by atoms with E-state index in [-0.39, 0.29) is 6.03 Å². The molecular weight excluding hydrogens is 286 g/mol. The van der Waals surface area contributed by atoms with Crippen LogP contribution in [0.2, 0.25) is 0 Å². The van der Waals surface area contributed by atoms with Gasteiger partial charge in [0, 0.05) is 32.7 Å². The van der Waals surface area contributed by atoms with Gasteiger partial charge < -0.3 is 15.1 Å². The summed E-state index contributed by atoms with van der Waals surface area (Å²) >= 11 is 0. The number of nitrogens with zero attached hydrogens (tertiary/aromatic N) is 2. The first-order valence-electron chi connectivity index (χ1n) is 8.68. The molecule has 3 rings (SSSR count). The zero-order valence-electron chi connectivity index (χ0n) is 14.0. The molecule has 4 heteroatoms. The Kier molecular flexibility index (Phi) is 5.34. The van der Waals surface area contributed by atoms with Gasteiger partial charge in [-0.25, -0.2) is 4.79 Å². The fourth-order valence-corrected chi connectivity index (χ4v) is 3.42. The summed E-state index contributed by atoms with van der Waals surface area (Å²) in [5.41, 5.74) is 2.83. The normalized spacial score (nSPS) is 22.0. The van der Waals surface area contributed by atoms with Crippen LogP contribution in [0.5, 0.6) is 0 Å². The van der Waals surface area contributed by atoms with Crippen LogP contribution in [0.3, 0.4) is 0 Å². The van der Waals surface area contributed by atoms with E-state index in [0.29, 0.717) is 5.92 Å². The lowest BCUT2D eigenvalue weighted by atomic mass is 9.99. The zero-order valence-corrected chi connectivity index (χ0v) is 14.0. The summed E-state index contributed by atoms with van der Waals surface area (Å²) in [5.74, 6) is 0.641. The minimum atomic E-state index is 0.0764. The number of rotatable bonds is 4. The first kappa shape index (κ1) is 16.1. The fourth-order valence-electron chi connectivity index (χ4n) is 3.42. The van der Waals surface area contributed by atoms with Gasteiger partial charge in [0.2, 0.25) is 0 Å². The van der Waals surface area contributed by atoms with Gasteiger partial charge in [0.1, 0.15) is 0 Å². The molecule has 2 aliphatic heterocycles. The topological polar surface area (TPSA) is 35.6 Å². The first-order valence-corrected chi connectivity index (χ1v) is 8.68. The van der Waals surface area contributed by atoms with Crippen molar-refractivity contribution >= 4 is 6.03 Å². The van der Waals surface area contributed by atoms with Gasteiger partial charge >= 0.3 is 6.03 Å². The third-order valence-electron chi connectivity index (χ3n) is 4.97. The Balaban J connectivity index is 1.38. The summed E-state index contributed by atoms with van der Waals surface area (Å²) in [6.07, 6.45) is 4.36. The first-order chi connectivity index (χ1) is 11.2. The molecule has 1 atom stereocenters. The van der Waals surface area contributed by atoms with Crippen LogP contribution in [0.25, 0.3) is 0 Å². The third kappa shape index (κ3) is 4.35. The second-order valence-electron chi connectivity index (χ2n) is 6.68. The van der Waals surface area contributed by atoms with E-state index in [1.807, 2.05) is 4.90 Å². The number of hydrogen-bond donors (Lipinski definition) is 1. The second kappa shape index (κ2) is 7.64. The number of likely N-dealkylation sites (tertiary alicyclic amines) is 1. The lowest BCUT2D eigenvalue weighted by molar-refractivity contribution is 0.200. The predicted octanol–water partition coefficient (Wildman–Crippen LogP) is 2.84. The van der Waals surface area contributed by atoms with E-state index in [1.54, 1.807) is 0 Å². The molecule has 0 saturated carbocycles. The standard InChI is InChI=1S/C19H27N3O/c1-16-7-12-22(13-8-16)19(23)20-10-14-21-11-9-18(15-21)17-5-3-2-4-6-17/h2-7,18H,8-15H2,1H3,(H,20,23)/t18-/m0/s1. The lowest BCUT2D eigenvalue weighted by Crippen LogP contribution is -2.44. The summed E-state index contributed by atoms with van der Waals surface area (Å²) in [6.45, 7) is 7.63. The molecule has 2 heterocycles. The molecule has 124 valence electrons. The van der Waals surface area contributed by atoms with Crippen molar-refractivity contribution in [2.75, 3.05) is 39.3 Å². The maximum absolute atomic E-state index is 12.1. The van der Waals surface area contributed by atoms with Crippen molar-refractivity contribution in [2.45, 2.75) is 25.7 Å². The van der Waals surface area contributed by atoms with Crippen molar-refractivity contribution in [3.63, 3.8) is 0 Å². The summed E-state index contributed by atoms with van der Waals surface area (Å²) < 4.78 is 0. The average Bonchev–Trinajstić information content (AvgIpc) is 3.05. The molecule has 2 amide bonds. The minimum absolute atomic E-state index is 0.0764. The number of benzene rings is 1. The van der Waals surface area contributed by atoms with Crippen LogP contribution in [0.4, 0.5) is 4.79 Å². The molecule has 0 unspecified atom stereocenters. The highest BCUT2D eigenvalue weighted by Crippen LogP contribution is 2.26. The number of carbonyl (C=O) groups is 1. The van der Waals surface area contributed by atoms with Crippen LogP contribution in [-0.2, 0) is 0 Å². The van der Waals surface area contributed by atoms with Gasteiger partial charge in [-0.2, -0.15) is 0 Å². The highest BCUT2D eigenvalue weighted by atomic mass is 16.2. The number of carbonyl (C=O) groups excluding carboxylic acids is 1. The largest absolute Gasteiger partial charge is 0.337 e. The van der Waals surface area contributed by atoms with Crippen LogP contribution >= 0.6 is 0 Å². The van der Waals surface area contributed by atoms with Crippen molar-refractivity contribution in [1.29, 1.82) is 0 Å². The minimum Gasteiger partial charge on any atom is -0.337 e. The Morgan fingerprint density at radius 3 is 2.83 bits per heavy atom. The molecule has 1 saturated heterocycles. The summed E-state index contributed by atoms with van der Waals surface area (Å²) in [5, 5.41) is 3.06. The summed E-state index contributed by atoms with van der Waals surface area (Å²) in [7, 11) is 0. The van der Waals surface area contributed by atoms with E-state index in [0.717, 1.165) is 45.7 Å². The number of amides is 2. The maximum atomic E-state index is 12.1. The molecule has 4 nitrogen and oxygen atoms in total. The van der Waals surface area contributed by atoms with Crippen LogP contribution in [0, 0.1) is 0 Å². The van der Waals surface area contributed by atoms with Crippen LogP contribution in [0.15, 0.2) is 42.0 Å². The molecule has 2 aliphatic rings. The Morgan fingerprint density at radius 2 is 2.09 bits per heavy atom. The second-order valence-corrected chi connectivity index (χ2v) is 6.68. The van der Waals surface area contributed by atoms with E-state index in [9.17, 15) is 4.79 Å². The van der Waals surface area contributed by atoms with E-state index in [1.165, 1.54) is 17.6 Å². The molecule has 23 heavy (non-hydrogen) atoms. The van der Waals surface area contributed by atoms with Crippen LogP contribution < -0.4 is 5.32 Å². The van der Waals surface area contributed by atoms with Crippen LogP contribution in [-0.4, -0.2) is 55.1 Å². The summed E-state index contributed by atoms with van der Waals surface area (Å²) in [6, 6.07) is 10.8. The predicted molar refractivity (Wildman–Crippen MR) is 93.6 cm³/mol. The monoisotopic (exact) mass is 313 g/mol. The number of urea groups is 1. The Labute approximate surface area is 139 Å². The van der Waals surface area contributed by atoms with Gasteiger partial charge in [-0.3, -0.25) is 0 Å². The maximum Gasteiger partial charge on any atom is 0.317 e. The molecule has 1 aromatic rings. The smallest absolute Gasteiger partial charge is 0.317 e. The molecule has 0 aromatic heterocycles. The van der Waals surface area contributed by atoms with E-state index < -0.39 is 0 Å². The van der Waals surface area contributed by atoms with Gasteiger partial charge in [-0.15, -0.1) is 0 Å². The van der Waals surface area contributed by atoms with Crippen molar-refractivity contribution < 1.29 is 4.79 Å². The van der Waals surface area contributed by atoms with Crippen molar-refractivity contribution in [3.05, 3.63) is 47.5 Å². The third-order valence-corrected chi connectivity index (χ3v) is 4.97. The summed E-state index contributed by atoms with van der Waals surface area (Å²) in [4.78, 5) is 16.5. The Bertz CT molecular complexity index is 555. The van der Waals surface area contributed by atoms with E-state index >= 15 is 0 Å². The lowest BCUT2D eigenvalue weighted by Gasteiger charge is -2.26. The van der Waals surface area contributed by atoms with Crippen LogP contribution in [0.1, 0.15) is 31.2 Å². The Morgan fingerprint density at radius 1 is 1.26 bits per heavy atom. The van der Waals surface area contributed by atoms with Gasteiger partial charge in [0.15, 0.2) is 0 Å². The SMILES string of the molecule is CC1=CCN(C(=O)NCCN2CC[C@H](c3ccccc3)C2)CC1. The zero-order chi connectivity index (χ0) is 16.1. The van der Waals surface area contributed by atoms with Gasteiger partial charge in [-0.05, 0) is 37.8 Å². The molecular formula is C19H27N3O. The highest BCUT2D eigenvalue weighted by Gasteiger charge is 2.23. The van der Waals surface area contributed by atoms with E-state index in [4.69, 9.17) is 0 Å². The Hall–Kier alpha value is -1.81. The molecule has 0 bridgehead atoms. The van der Waals surface area contributed by atoms with Crippen molar-refractivity contribution in [3.8, 4) is 0 Å². The van der Waals surface area contributed by atoms with Gasteiger partial charge in [-0.1, -0.05) is 42.0 Å². The average molecular weight is 313 g/mol. The quantitative estimate of drug-likeness (QED) is 0.868. The molecule has 1 fully saturated rings. The molecule has 1 N–H and O–H groups in total. The molecule has 0 radical (unpaired) electrons. The van der Waals surface area contributed by atoms with E-state index in [2.05, 4.69) is 53.5 Å². The highest BCUT2D eigenvalue weighted by molar-refractivity contribution is 5.74. The van der Waals surface area contributed by atoms with Crippen molar-refractivity contribution in [1.82, 2.24) is 15.1 Å². The van der Waals surface area contributed by atoms with Crippen molar-refractivity contribution in [2.24, 2.45) is 0 Å². The molecule has 1 aromatic carbocycles. The van der Waals surface area contributed by atoms with Gasteiger partial charge in [0.05, 0.1) is 0 Å². The van der Waals surface area contributed by atoms with Gasteiger partial charge in [0.25, 0.3) is 0 Å². The number of hydrogen-bond acceptors (Lipinski definition) is 2. The molecule has 0 aliphatic carbocycles.